The molecule has 2 heterocycles. The SMILES string of the molecule is CC(C)c1cc2ccc3c(N(C4=CCCC=C4)c4ccc5oc6ccccc6c5c4)cc(N(c4ccccc4)c4ccc5oc6ccccc6c5c4)c4ccc(c1)c2c34. The van der Waals surface area contributed by atoms with E-state index in [0.717, 1.165) is 90.9 Å². The molecule has 0 unspecified atom stereocenters. The second kappa shape index (κ2) is 13.1. The van der Waals surface area contributed by atoms with E-state index < -0.39 is 0 Å². The zero-order chi connectivity index (χ0) is 39.2. The third-order valence-corrected chi connectivity index (χ3v) is 12.3. The maximum Gasteiger partial charge on any atom is 0.135 e. The number of anilines is 5. The van der Waals surface area contributed by atoms with Gasteiger partial charge in [0.2, 0.25) is 0 Å². The van der Waals surface area contributed by atoms with Crippen molar-refractivity contribution in [1.82, 2.24) is 0 Å². The predicted molar refractivity (Wildman–Crippen MR) is 249 cm³/mol. The lowest BCUT2D eigenvalue weighted by Gasteiger charge is -2.33. The predicted octanol–water partition coefficient (Wildman–Crippen LogP) is 16.3. The van der Waals surface area contributed by atoms with E-state index in [1.807, 2.05) is 12.1 Å². The highest BCUT2D eigenvalue weighted by atomic mass is 16.3. The van der Waals surface area contributed by atoms with E-state index in [9.17, 15) is 0 Å². The maximum atomic E-state index is 6.35. The van der Waals surface area contributed by atoms with Gasteiger partial charge in [0.1, 0.15) is 22.3 Å². The van der Waals surface area contributed by atoms with Crippen molar-refractivity contribution in [3.05, 3.63) is 187 Å². The molecule has 0 N–H and O–H groups in total. The summed E-state index contributed by atoms with van der Waals surface area (Å²) in [5.41, 5.74) is 11.5. The Balaban J connectivity index is 1.20. The number of furan rings is 2. The van der Waals surface area contributed by atoms with Gasteiger partial charge in [-0.2, -0.15) is 0 Å². The zero-order valence-corrected chi connectivity index (χ0v) is 32.9. The highest BCUT2D eigenvalue weighted by Crippen LogP contribution is 2.51. The Kier molecular flexibility index (Phi) is 7.52. The van der Waals surface area contributed by atoms with Crippen molar-refractivity contribution in [3.63, 3.8) is 0 Å². The second-order valence-electron chi connectivity index (χ2n) is 16.2. The molecule has 4 nitrogen and oxygen atoms in total. The van der Waals surface area contributed by atoms with Crippen molar-refractivity contribution in [3.8, 4) is 0 Å². The Morgan fingerprint density at radius 2 is 1.00 bits per heavy atom. The summed E-state index contributed by atoms with van der Waals surface area (Å²) >= 11 is 0. The van der Waals surface area contributed by atoms with Crippen molar-refractivity contribution in [2.24, 2.45) is 0 Å². The van der Waals surface area contributed by atoms with Crippen LogP contribution in [0.5, 0.6) is 0 Å². The molecule has 59 heavy (non-hydrogen) atoms. The molecule has 0 spiro atoms. The molecule has 12 rings (SSSR count). The monoisotopic (exact) mass is 760 g/mol. The zero-order valence-electron chi connectivity index (χ0n) is 32.9. The highest BCUT2D eigenvalue weighted by Gasteiger charge is 2.26. The summed E-state index contributed by atoms with van der Waals surface area (Å²) in [7, 11) is 0. The van der Waals surface area contributed by atoms with Gasteiger partial charge >= 0.3 is 0 Å². The van der Waals surface area contributed by atoms with Gasteiger partial charge in [-0.3, -0.25) is 0 Å². The molecular weight excluding hydrogens is 721 g/mol. The van der Waals surface area contributed by atoms with E-state index in [1.54, 1.807) is 0 Å². The minimum atomic E-state index is 0.417. The molecule has 0 amide bonds. The normalized spacial score (nSPS) is 13.3. The number of para-hydroxylation sites is 3. The Morgan fingerprint density at radius 3 is 1.59 bits per heavy atom. The standard InChI is InChI=1S/C55H40N2O2/c1-34(2)37-29-35-21-25-44-48(56(38-13-5-3-6-14-38)40-23-27-52-46(31-40)42-17-9-11-19-50(42)58-52)33-49(45-26-22-36(30-37)54(35)55(44)45)57(39-15-7-4-8-16-39)41-24-28-53-47(32-41)43-18-10-12-20-51(43)59-53/h3,5-7,9-34H,4,8H2,1-2H3. The molecule has 9 aromatic carbocycles. The Morgan fingerprint density at radius 1 is 0.441 bits per heavy atom. The third-order valence-electron chi connectivity index (χ3n) is 12.3. The first-order valence-electron chi connectivity index (χ1n) is 20.7. The van der Waals surface area contributed by atoms with Gasteiger partial charge in [0.05, 0.1) is 11.4 Å². The smallest absolute Gasteiger partial charge is 0.135 e. The first-order chi connectivity index (χ1) is 29.1. The van der Waals surface area contributed by atoms with Crippen molar-refractivity contribution >= 4 is 105 Å². The number of hydrogen-bond acceptors (Lipinski definition) is 4. The van der Waals surface area contributed by atoms with Gasteiger partial charge in [0.15, 0.2) is 0 Å². The quantitative estimate of drug-likeness (QED) is 0.151. The van der Waals surface area contributed by atoms with Gasteiger partial charge in [-0.25, -0.2) is 0 Å². The van der Waals surface area contributed by atoms with E-state index in [2.05, 4.69) is 187 Å². The molecule has 0 aliphatic heterocycles. The molecule has 0 atom stereocenters. The molecule has 0 radical (unpaired) electrons. The van der Waals surface area contributed by atoms with Crippen LogP contribution in [0.2, 0.25) is 0 Å². The molecule has 1 aliphatic rings. The van der Waals surface area contributed by atoms with E-state index >= 15 is 0 Å². The fraction of sp³-hybridized carbons (Fsp3) is 0.0909. The number of rotatable bonds is 7. The van der Waals surface area contributed by atoms with Gasteiger partial charge in [-0.05, 0) is 113 Å². The average molecular weight is 761 g/mol. The molecule has 0 saturated carbocycles. The number of nitrogens with zero attached hydrogens (tertiary/aromatic N) is 2. The van der Waals surface area contributed by atoms with E-state index in [0.29, 0.717) is 5.92 Å². The largest absolute Gasteiger partial charge is 0.456 e. The Labute approximate surface area is 341 Å². The number of benzene rings is 9. The molecular formula is C55H40N2O2. The maximum absolute atomic E-state index is 6.35. The van der Waals surface area contributed by atoms with Crippen LogP contribution in [-0.4, -0.2) is 0 Å². The molecule has 0 saturated heterocycles. The fourth-order valence-corrected chi connectivity index (χ4v) is 9.51. The van der Waals surface area contributed by atoms with Gasteiger partial charge < -0.3 is 18.6 Å². The topological polar surface area (TPSA) is 32.8 Å². The van der Waals surface area contributed by atoms with Crippen LogP contribution < -0.4 is 9.80 Å². The number of hydrogen-bond donors (Lipinski definition) is 0. The van der Waals surface area contributed by atoms with Gasteiger partial charge in [0.25, 0.3) is 0 Å². The Bertz CT molecular complexity index is 3480. The van der Waals surface area contributed by atoms with Crippen molar-refractivity contribution in [1.29, 1.82) is 0 Å². The number of fused-ring (bicyclic) bond motifs is 6. The van der Waals surface area contributed by atoms with Crippen LogP contribution in [0.4, 0.5) is 28.4 Å². The van der Waals surface area contributed by atoms with Crippen molar-refractivity contribution < 1.29 is 8.83 Å². The van der Waals surface area contributed by atoms with Crippen LogP contribution in [0.15, 0.2) is 190 Å². The van der Waals surface area contributed by atoms with E-state index in [4.69, 9.17) is 8.83 Å². The lowest BCUT2D eigenvalue weighted by atomic mass is 9.88. The van der Waals surface area contributed by atoms with Gasteiger partial charge in [-0.15, -0.1) is 0 Å². The molecule has 1 aliphatic carbocycles. The summed E-state index contributed by atoms with van der Waals surface area (Å²) in [5.74, 6) is 0.417. The lowest BCUT2D eigenvalue weighted by Crippen LogP contribution is -2.18. The second-order valence-corrected chi connectivity index (χ2v) is 16.2. The third kappa shape index (κ3) is 5.29. The van der Waals surface area contributed by atoms with Crippen LogP contribution >= 0.6 is 0 Å². The summed E-state index contributed by atoms with van der Waals surface area (Å²) in [6, 6.07) is 57.3. The van der Waals surface area contributed by atoms with Crippen LogP contribution in [0.3, 0.4) is 0 Å². The lowest BCUT2D eigenvalue weighted by molar-refractivity contribution is 0.668. The first-order valence-corrected chi connectivity index (χ1v) is 20.7. The highest BCUT2D eigenvalue weighted by molar-refractivity contribution is 6.29. The van der Waals surface area contributed by atoms with Gasteiger partial charge in [-0.1, -0.05) is 117 Å². The average Bonchev–Trinajstić information content (AvgIpc) is 3.85. The molecule has 0 fully saturated rings. The summed E-state index contributed by atoms with van der Waals surface area (Å²) < 4.78 is 12.7. The minimum absolute atomic E-state index is 0.417. The Hall–Kier alpha value is -7.30. The van der Waals surface area contributed by atoms with Gasteiger partial charge in [0, 0.05) is 60.5 Å². The summed E-state index contributed by atoms with van der Waals surface area (Å²) in [6.07, 6.45) is 8.99. The molecule has 11 aromatic rings. The number of allylic oxidation sites excluding steroid dienone is 3. The van der Waals surface area contributed by atoms with Crippen LogP contribution in [-0.2, 0) is 0 Å². The van der Waals surface area contributed by atoms with Crippen molar-refractivity contribution in [2.75, 3.05) is 9.80 Å². The van der Waals surface area contributed by atoms with Crippen LogP contribution in [0, 0.1) is 0 Å². The van der Waals surface area contributed by atoms with Crippen molar-refractivity contribution in [2.45, 2.75) is 32.6 Å². The van der Waals surface area contributed by atoms with Crippen LogP contribution in [0.25, 0.3) is 76.2 Å². The van der Waals surface area contributed by atoms with E-state index in [1.165, 1.54) is 37.9 Å². The fourth-order valence-electron chi connectivity index (χ4n) is 9.51. The molecule has 0 bridgehead atoms. The summed E-state index contributed by atoms with van der Waals surface area (Å²) in [6.45, 7) is 4.56. The molecule has 4 heteroatoms. The molecule has 2 aromatic heterocycles. The van der Waals surface area contributed by atoms with E-state index in [-0.39, 0.29) is 0 Å². The van der Waals surface area contributed by atoms with Crippen LogP contribution in [0.1, 0.15) is 38.2 Å². The minimum Gasteiger partial charge on any atom is -0.456 e. The first kappa shape index (κ1) is 33.8. The molecule has 282 valence electrons. The summed E-state index contributed by atoms with van der Waals surface area (Å²) in [5, 5.41) is 11.9. The summed E-state index contributed by atoms with van der Waals surface area (Å²) in [4.78, 5) is 4.91.